The lowest BCUT2D eigenvalue weighted by molar-refractivity contribution is -0.384. The zero-order valence-electron chi connectivity index (χ0n) is 24.7. The largest absolute Gasteiger partial charge is 0.496 e. The lowest BCUT2D eigenvalue weighted by atomic mass is 9.95. The number of carbonyl (C=O) groups is 1. The minimum Gasteiger partial charge on any atom is -0.496 e. The van der Waals surface area contributed by atoms with Crippen molar-refractivity contribution in [3.8, 4) is 11.5 Å². The molecule has 0 radical (unpaired) electrons. The van der Waals surface area contributed by atoms with Crippen LogP contribution >= 0.6 is 0 Å². The first-order valence-electron chi connectivity index (χ1n) is 13.0. The van der Waals surface area contributed by atoms with Crippen molar-refractivity contribution in [2.75, 3.05) is 30.8 Å². The third-order valence-corrected chi connectivity index (χ3v) is 9.83. The molecule has 0 atom stereocenters. The number of sulfone groups is 1. The van der Waals surface area contributed by atoms with Gasteiger partial charge in [-0.1, -0.05) is 17.7 Å². The van der Waals surface area contributed by atoms with Gasteiger partial charge in [0.25, 0.3) is 15.7 Å². The molecule has 232 valence electrons. The summed E-state index contributed by atoms with van der Waals surface area (Å²) in [5.41, 5.74) is -0.322. The van der Waals surface area contributed by atoms with E-state index in [0.717, 1.165) is 11.6 Å². The molecule has 43 heavy (non-hydrogen) atoms. The molecule has 0 aliphatic rings. The van der Waals surface area contributed by atoms with Crippen molar-refractivity contribution in [3.05, 3.63) is 81.4 Å². The highest BCUT2D eigenvalue weighted by Gasteiger charge is 2.32. The highest BCUT2D eigenvalue weighted by atomic mass is 32.2. The first-order valence-corrected chi connectivity index (χ1v) is 16.2. The normalized spacial score (nSPS) is 12.0. The summed E-state index contributed by atoms with van der Waals surface area (Å²) < 4.78 is 69.9. The minimum atomic E-state index is -4.24. The van der Waals surface area contributed by atoms with Crippen LogP contribution in [0.25, 0.3) is 0 Å². The van der Waals surface area contributed by atoms with Crippen LogP contribution in [0.3, 0.4) is 0 Å². The quantitative estimate of drug-likeness (QED) is 0.157. The predicted molar refractivity (Wildman–Crippen MR) is 160 cm³/mol. The molecule has 0 aliphatic heterocycles. The number of ether oxygens (including phenoxy) is 3. The van der Waals surface area contributed by atoms with Gasteiger partial charge in [0.05, 0.1) is 39.1 Å². The molecule has 3 aromatic carbocycles. The molecule has 14 heteroatoms. The van der Waals surface area contributed by atoms with E-state index in [9.17, 15) is 31.7 Å². The highest BCUT2D eigenvalue weighted by Crippen LogP contribution is 2.33. The summed E-state index contributed by atoms with van der Waals surface area (Å²) in [6.07, 6.45) is 0. The van der Waals surface area contributed by atoms with Gasteiger partial charge in [0.2, 0.25) is 0 Å². The monoisotopic (exact) mass is 634 g/mol. The second-order valence-corrected chi connectivity index (χ2v) is 14.3. The van der Waals surface area contributed by atoms with Crippen molar-refractivity contribution in [1.82, 2.24) is 0 Å². The topological polar surface area (TPSA) is 168 Å². The van der Waals surface area contributed by atoms with Crippen LogP contribution in [0.4, 0.5) is 11.4 Å². The van der Waals surface area contributed by atoms with Crippen molar-refractivity contribution in [1.29, 1.82) is 0 Å². The number of methoxy groups -OCH3 is 1. The summed E-state index contributed by atoms with van der Waals surface area (Å²) in [5, 5.41) is 11.5. The predicted octanol–water partition coefficient (Wildman–Crippen LogP) is 4.75. The van der Waals surface area contributed by atoms with Crippen LogP contribution < -0.4 is 14.2 Å². The Labute approximate surface area is 251 Å². The maximum absolute atomic E-state index is 13.3. The molecule has 0 aromatic heterocycles. The number of nitrogens with zero attached hydrogens (tertiary/aromatic N) is 1. The van der Waals surface area contributed by atoms with Gasteiger partial charge < -0.3 is 14.2 Å². The van der Waals surface area contributed by atoms with Crippen LogP contribution in [0, 0.1) is 36.3 Å². The molecule has 12 nitrogen and oxygen atoms in total. The zero-order chi connectivity index (χ0) is 32.2. The fourth-order valence-electron chi connectivity index (χ4n) is 4.11. The van der Waals surface area contributed by atoms with Crippen molar-refractivity contribution < 1.29 is 40.8 Å². The fourth-order valence-corrected chi connectivity index (χ4v) is 6.73. The average Bonchev–Trinajstić information content (AvgIpc) is 2.91. The molecule has 0 saturated heterocycles. The van der Waals surface area contributed by atoms with Gasteiger partial charge in [-0.3, -0.25) is 19.6 Å². The molecule has 1 N–H and O–H groups in total. The third-order valence-electron chi connectivity index (χ3n) is 6.47. The number of nitrogens with one attached hydrogen (secondary N) is 1. The van der Waals surface area contributed by atoms with Crippen molar-refractivity contribution >= 4 is 37.2 Å². The van der Waals surface area contributed by atoms with Gasteiger partial charge in [0.15, 0.2) is 9.84 Å². The Bertz CT molecular complexity index is 1710. The Morgan fingerprint density at radius 3 is 2.09 bits per heavy atom. The summed E-state index contributed by atoms with van der Waals surface area (Å²) in [7, 11) is -6.54. The molecular formula is C29H34N2O10S2. The van der Waals surface area contributed by atoms with E-state index in [2.05, 4.69) is 4.72 Å². The molecule has 0 aliphatic carbocycles. The van der Waals surface area contributed by atoms with Gasteiger partial charge in [0.1, 0.15) is 30.4 Å². The molecule has 3 rings (SSSR count). The Kier molecular flexibility index (Phi) is 10.1. The highest BCUT2D eigenvalue weighted by molar-refractivity contribution is 7.93. The molecule has 3 aromatic rings. The Morgan fingerprint density at radius 1 is 0.930 bits per heavy atom. The van der Waals surface area contributed by atoms with E-state index < -0.39 is 41.9 Å². The number of anilines is 1. The van der Waals surface area contributed by atoms with Crippen LogP contribution in [-0.4, -0.2) is 53.8 Å². The SMILES string of the molecule is COc1ccc(NS(=O)(=O)c2c(C)cc(OCC(C)(C)C(=O)OCCS(=O)(=O)c3ccc(C)cc3)cc2C)c([N+](=O)[O-])c1. The van der Waals surface area contributed by atoms with Crippen LogP contribution in [0.5, 0.6) is 11.5 Å². The third kappa shape index (κ3) is 8.23. The van der Waals surface area contributed by atoms with E-state index in [1.807, 2.05) is 6.92 Å². The van der Waals surface area contributed by atoms with Gasteiger partial charge in [-0.25, -0.2) is 16.8 Å². The standard InChI is InChI=1S/C29H34N2O10S2/c1-19-7-10-24(11-8-19)42(35,36)14-13-40-28(32)29(4,5)18-41-23-15-20(2)27(21(3)16-23)43(37,38)30-25-12-9-22(39-6)17-26(25)31(33)34/h7-12,15-17,30H,13-14,18H2,1-6H3. The van der Waals surface area contributed by atoms with Gasteiger partial charge in [0, 0.05) is 0 Å². The fraction of sp³-hybridized carbons (Fsp3) is 0.345. The maximum Gasteiger partial charge on any atom is 0.315 e. The molecular weight excluding hydrogens is 600 g/mol. The van der Waals surface area contributed by atoms with Gasteiger partial charge in [-0.05, 0) is 82.1 Å². The van der Waals surface area contributed by atoms with E-state index >= 15 is 0 Å². The van der Waals surface area contributed by atoms with E-state index in [4.69, 9.17) is 14.2 Å². The zero-order valence-corrected chi connectivity index (χ0v) is 26.3. The van der Waals surface area contributed by atoms with Crippen molar-refractivity contribution in [2.24, 2.45) is 5.41 Å². The maximum atomic E-state index is 13.3. The summed E-state index contributed by atoms with van der Waals surface area (Å²) in [6.45, 7) is 7.62. The second-order valence-electron chi connectivity index (χ2n) is 10.6. The number of nitro benzene ring substituents is 1. The first kappa shape index (κ1) is 33.3. The lowest BCUT2D eigenvalue weighted by Gasteiger charge is -2.23. The number of hydrogen-bond donors (Lipinski definition) is 1. The Hall–Kier alpha value is -4.17. The first-order chi connectivity index (χ1) is 20.0. The molecule has 0 unspecified atom stereocenters. The lowest BCUT2D eigenvalue weighted by Crippen LogP contribution is -2.34. The molecule has 0 spiro atoms. The van der Waals surface area contributed by atoms with Crippen LogP contribution in [-0.2, 0) is 29.4 Å². The number of benzene rings is 3. The average molecular weight is 635 g/mol. The van der Waals surface area contributed by atoms with Crippen LogP contribution in [0.15, 0.2) is 64.4 Å². The second kappa shape index (κ2) is 13.0. The molecule has 0 saturated carbocycles. The number of nitro groups is 1. The summed E-state index contributed by atoms with van der Waals surface area (Å²) in [5.74, 6) is -0.555. The van der Waals surface area contributed by atoms with E-state index in [1.54, 1.807) is 39.8 Å². The number of hydrogen-bond acceptors (Lipinski definition) is 10. The minimum absolute atomic E-state index is 0.0848. The van der Waals surface area contributed by atoms with E-state index in [1.165, 1.54) is 43.5 Å². The van der Waals surface area contributed by atoms with Crippen molar-refractivity contribution in [3.63, 3.8) is 0 Å². The van der Waals surface area contributed by atoms with Gasteiger partial charge >= 0.3 is 5.97 Å². The molecule has 0 bridgehead atoms. The smallest absolute Gasteiger partial charge is 0.315 e. The number of rotatable bonds is 13. The summed E-state index contributed by atoms with van der Waals surface area (Å²) in [4.78, 5) is 23.6. The molecule has 0 amide bonds. The summed E-state index contributed by atoms with van der Waals surface area (Å²) >= 11 is 0. The Balaban J connectivity index is 1.67. The number of esters is 1. The van der Waals surface area contributed by atoms with Gasteiger partial charge in [-0.2, -0.15) is 0 Å². The van der Waals surface area contributed by atoms with Crippen LogP contribution in [0.1, 0.15) is 30.5 Å². The molecule has 0 fully saturated rings. The number of sulfonamides is 1. The van der Waals surface area contributed by atoms with Crippen molar-refractivity contribution in [2.45, 2.75) is 44.4 Å². The Morgan fingerprint density at radius 2 is 1.53 bits per heavy atom. The van der Waals surface area contributed by atoms with Gasteiger partial charge in [-0.15, -0.1) is 0 Å². The van der Waals surface area contributed by atoms with E-state index in [-0.39, 0.29) is 45.9 Å². The molecule has 0 heterocycles. The van der Waals surface area contributed by atoms with E-state index in [0.29, 0.717) is 11.1 Å². The van der Waals surface area contributed by atoms with Crippen LogP contribution in [0.2, 0.25) is 0 Å². The number of aryl methyl sites for hydroxylation is 3. The summed E-state index contributed by atoms with van der Waals surface area (Å²) in [6, 6.07) is 13.1. The number of carbonyl (C=O) groups excluding carboxylic acids is 1.